The van der Waals surface area contributed by atoms with E-state index in [2.05, 4.69) is 5.32 Å². The lowest BCUT2D eigenvalue weighted by atomic mass is 9.91. The molecule has 1 aliphatic rings. The van der Waals surface area contributed by atoms with Gasteiger partial charge in [0.15, 0.2) is 0 Å². The SMILES string of the molecule is CO[C@H]1[C@H](O)[C@@H](OC)CN[C@@H]1c1ccccc1. The number of methoxy groups -OCH3 is 2. The van der Waals surface area contributed by atoms with E-state index >= 15 is 0 Å². The summed E-state index contributed by atoms with van der Waals surface area (Å²) < 4.78 is 10.6. The first kappa shape index (κ1) is 12.5. The molecular formula is C13H19NO3. The minimum Gasteiger partial charge on any atom is -0.388 e. The number of hydrogen-bond acceptors (Lipinski definition) is 4. The van der Waals surface area contributed by atoms with Gasteiger partial charge in [-0.1, -0.05) is 30.3 Å². The lowest BCUT2D eigenvalue weighted by molar-refractivity contribution is -0.121. The molecule has 1 heterocycles. The van der Waals surface area contributed by atoms with E-state index in [-0.39, 0.29) is 18.2 Å². The van der Waals surface area contributed by atoms with E-state index in [1.807, 2.05) is 30.3 Å². The van der Waals surface area contributed by atoms with Gasteiger partial charge in [-0.2, -0.15) is 0 Å². The van der Waals surface area contributed by atoms with Crippen LogP contribution in [0.1, 0.15) is 11.6 Å². The highest BCUT2D eigenvalue weighted by Crippen LogP contribution is 2.26. The summed E-state index contributed by atoms with van der Waals surface area (Å²) in [6, 6.07) is 10.0. The first-order chi connectivity index (χ1) is 8.27. The molecule has 4 atom stereocenters. The summed E-state index contributed by atoms with van der Waals surface area (Å²) in [6.45, 7) is 0.622. The number of ether oxygens (including phenoxy) is 2. The number of rotatable bonds is 3. The standard InChI is InChI=1S/C13H19NO3/c1-16-10-8-14-11(13(17-2)12(10)15)9-6-4-3-5-7-9/h3-7,10-15H,8H2,1-2H3/t10-,11+,12+,13+/m0/s1. The van der Waals surface area contributed by atoms with E-state index in [9.17, 15) is 5.11 Å². The summed E-state index contributed by atoms with van der Waals surface area (Å²) >= 11 is 0. The molecule has 0 aromatic heterocycles. The Hall–Kier alpha value is -0.940. The fraction of sp³-hybridized carbons (Fsp3) is 0.538. The van der Waals surface area contributed by atoms with Crippen LogP contribution in [-0.2, 0) is 9.47 Å². The highest BCUT2D eigenvalue weighted by atomic mass is 16.5. The Bertz CT molecular complexity index is 344. The second kappa shape index (κ2) is 5.60. The predicted molar refractivity (Wildman–Crippen MR) is 64.8 cm³/mol. The molecule has 2 rings (SSSR count). The zero-order chi connectivity index (χ0) is 12.3. The van der Waals surface area contributed by atoms with Gasteiger partial charge >= 0.3 is 0 Å². The molecule has 94 valence electrons. The summed E-state index contributed by atoms with van der Waals surface area (Å²) in [5, 5.41) is 13.5. The summed E-state index contributed by atoms with van der Waals surface area (Å²) in [5.41, 5.74) is 1.12. The van der Waals surface area contributed by atoms with Crippen LogP contribution in [0.15, 0.2) is 30.3 Å². The second-order valence-corrected chi connectivity index (χ2v) is 4.26. The average Bonchev–Trinajstić information content (AvgIpc) is 2.39. The lowest BCUT2D eigenvalue weighted by Gasteiger charge is -2.39. The molecule has 1 fully saturated rings. The zero-order valence-corrected chi connectivity index (χ0v) is 10.2. The van der Waals surface area contributed by atoms with Crippen LogP contribution in [0.2, 0.25) is 0 Å². The molecule has 1 aliphatic heterocycles. The van der Waals surface area contributed by atoms with Gasteiger partial charge in [-0.15, -0.1) is 0 Å². The average molecular weight is 237 g/mol. The van der Waals surface area contributed by atoms with E-state index in [4.69, 9.17) is 9.47 Å². The van der Waals surface area contributed by atoms with Crippen LogP contribution in [0.3, 0.4) is 0 Å². The molecular weight excluding hydrogens is 218 g/mol. The quantitative estimate of drug-likeness (QED) is 0.813. The molecule has 2 N–H and O–H groups in total. The smallest absolute Gasteiger partial charge is 0.109 e. The van der Waals surface area contributed by atoms with Crippen LogP contribution >= 0.6 is 0 Å². The third-order valence-electron chi connectivity index (χ3n) is 3.32. The fourth-order valence-corrected chi connectivity index (χ4v) is 2.35. The Kier molecular flexibility index (Phi) is 4.12. The highest BCUT2D eigenvalue weighted by molar-refractivity contribution is 5.22. The van der Waals surface area contributed by atoms with Crippen LogP contribution in [0.5, 0.6) is 0 Å². The van der Waals surface area contributed by atoms with Gasteiger partial charge in [0.25, 0.3) is 0 Å². The van der Waals surface area contributed by atoms with Crippen molar-refractivity contribution >= 4 is 0 Å². The maximum atomic E-state index is 10.2. The van der Waals surface area contributed by atoms with Gasteiger partial charge in [-0.05, 0) is 5.56 Å². The summed E-state index contributed by atoms with van der Waals surface area (Å²) in [6.07, 6.45) is -1.13. The first-order valence-electron chi connectivity index (χ1n) is 5.80. The third kappa shape index (κ3) is 2.50. The van der Waals surface area contributed by atoms with Crippen molar-refractivity contribution in [2.75, 3.05) is 20.8 Å². The van der Waals surface area contributed by atoms with Gasteiger partial charge in [0.05, 0.1) is 12.1 Å². The van der Waals surface area contributed by atoms with Crippen molar-refractivity contribution in [3.8, 4) is 0 Å². The van der Waals surface area contributed by atoms with Gasteiger partial charge in [0, 0.05) is 20.8 Å². The summed E-state index contributed by atoms with van der Waals surface area (Å²) in [5.74, 6) is 0. The van der Waals surface area contributed by atoms with E-state index in [1.165, 1.54) is 0 Å². The number of aliphatic hydroxyl groups excluding tert-OH is 1. The molecule has 0 radical (unpaired) electrons. The molecule has 4 nitrogen and oxygen atoms in total. The Labute approximate surface area is 102 Å². The summed E-state index contributed by atoms with van der Waals surface area (Å²) in [7, 11) is 3.22. The van der Waals surface area contributed by atoms with Crippen molar-refractivity contribution in [3.63, 3.8) is 0 Å². The minimum absolute atomic E-state index is 0.00241. The Morgan fingerprint density at radius 1 is 1.18 bits per heavy atom. The molecule has 1 saturated heterocycles. The zero-order valence-electron chi connectivity index (χ0n) is 10.2. The monoisotopic (exact) mass is 237 g/mol. The minimum atomic E-state index is -0.614. The van der Waals surface area contributed by atoms with Crippen LogP contribution in [-0.4, -0.2) is 44.2 Å². The molecule has 0 unspecified atom stereocenters. The molecule has 1 aromatic carbocycles. The molecule has 0 spiro atoms. The molecule has 17 heavy (non-hydrogen) atoms. The van der Waals surface area contributed by atoms with Crippen LogP contribution in [0.25, 0.3) is 0 Å². The van der Waals surface area contributed by atoms with Gasteiger partial charge in [0.1, 0.15) is 12.2 Å². The topological polar surface area (TPSA) is 50.7 Å². The van der Waals surface area contributed by atoms with Crippen molar-refractivity contribution in [2.45, 2.75) is 24.4 Å². The van der Waals surface area contributed by atoms with Crippen molar-refractivity contribution in [2.24, 2.45) is 0 Å². The van der Waals surface area contributed by atoms with E-state index in [1.54, 1.807) is 14.2 Å². The fourth-order valence-electron chi connectivity index (χ4n) is 2.35. The number of benzene rings is 1. The molecule has 4 heteroatoms. The van der Waals surface area contributed by atoms with Crippen LogP contribution in [0, 0.1) is 0 Å². The molecule has 0 aliphatic carbocycles. The van der Waals surface area contributed by atoms with Gasteiger partial charge in [-0.25, -0.2) is 0 Å². The third-order valence-corrected chi connectivity index (χ3v) is 3.32. The molecule has 0 saturated carbocycles. The number of nitrogens with one attached hydrogen (secondary N) is 1. The van der Waals surface area contributed by atoms with Crippen molar-refractivity contribution in [1.29, 1.82) is 0 Å². The Morgan fingerprint density at radius 3 is 2.47 bits per heavy atom. The predicted octanol–water partition coefficient (Wildman–Crippen LogP) is 0.722. The number of hydrogen-bond donors (Lipinski definition) is 2. The molecule has 0 bridgehead atoms. The summed E-state index contributed by atoms with van der Waals surface area (Å²) in [4.78, 5) is 0. The highest BCUT2D eigenvalue weighted by Gasteiger charge is 2.39. The largest absolute Gasteiger partial charge is 0.388 e. The number of piperidine rings is 1. The maximum absolute atomic E-state index is 10.2. The normalized spacial score (nSPS) is 33.6. The lowest BCUT2D eigenvalue weighted by Crippen LogP contribution is -2.56. The Morgan fingerprint density at radius 2 is 1.88 bits per heavy atom. The van der Waals surface area contributed by atoms with Crippen molar-refractivity contribution < 1.29 is 14.6 Å². The van der Waals surface area contributed by atoms with Crippen LogP contribution < -0.4 is 5.32 Å². The van der Waals surface area contributed by atoms with Gasteiger partial charge < -0.3 is 19.9 Å². The van der Waals surface area contributed by atoms with Gasteiger partial charge in [-0.3, -0.25) is 0 Å². The maximum Gasteiger partial charge on any atom is 0.109 e. The van der Waals surface area contributed by atoms with Crippen molar-refractivity contribution in [3.05, 3.63) is 35.9 Å². The number of aliphatic hydroxyl groups is 1. The van der Waals surface area contributed by atoms with Crippen molar-refractivity contribution in [1.82, 2.24) is 5.32 Å². The molecule has 1 aromatic rings. The van der Waals surface area contributed by atoms with Crippen LogP contribution in [0.4, 0.5) is 0 Å². The molecule has 0 amide bonds. The van der Waals surface area contributed by atoms with E-state index in [0.29, 0.717) is 6.54 Å². The van der Waals surface area contributed by atoms with E-state index in [0.717, 1.165) is 5.56 Å². The van der Waals surface area contributed by atoms with Gasteiger partial charge in [0.2, 0.25) is 0 Å². The Balaban J connectivity index is 2.18. The van der Waals surface area contributed by atoms with E-state index < -0.39 is 6.10 Å². The second-order valence-electron chi connectivity index (χ2n) is 4.26. The first-order valence-corrected chi connectivity index (χ1v) is 5.80.